The van der Waals surface area contributed by atoms with E-state index in [0.29, 0.717) is 0 Å². The van der Waals surface area contributed by atoms with E-state index >= 15 is 0 Å². The zero-order valence-electron chi connectivity index (χ0n) is 21.5. The van der Waals surface area contributed by atoms with Gasteiger partial charge in [0.15, 0.2) is 0 Å². The van der Waals surface area contributed by atoms with Crippen LogP contribution < -0.4 is 4.74 Å². The summed E-state index contributed by atoms with van der Waals surface area (Å²) in [4.78, 5) is 9.41. The molecule has 4 heteroatoms. The summed E-state index contributed by atoms with van der Waals surface area (Å²) in [5, 5.41) is 7.13. The fourth-order valence-electron chi connectivity index (χ4n) is 5.66. The largest absolute Gasteiger partial charge is 0.457 e. The Morgan fingerprint density at radius 2 is 1.30 bits per heavy atom. The lowest BCUT2D eigenvalue weighted by Crippen LogP contribution is -1.96. The molecule has 0 saturated heterocycles. The number of benzene rings is 5. The van der Waals surface area contributed by atoms with Crippen molar-refractivity contribution in [3.63, 3.8) is 0 Å². The number of para-hydroxylation sites is 1. The lowest BCUT2D eigenvalue weighted by molar-refractivity contribution is 0.483. The van der Waals surface area contributed by atoms with E-state index in [9.17, 15) is 0 Å². The molecule has 0 N–H and O–H groups in total. The lowest BCUT2D eigenvalue weighted by Gasteiger charge is -2.10. The number of aromatic nitrogens is 3. The highest BCUT2D eigenvalue weighted by atomic mass is 16.5. The van der Waals surface area contributed by atoms with Crippen LogP contribution in [0.2, 0.25) is 0 Å². The smallest absolute Gasteiger partial charge is 0.137 e. The Kier molecular flexibility index (Phi) is 5.10. The molecule has 0 amide bonds. The summed E-state index contributed by atoms with van der Waals surface area (Å²) < 4.78 is 8.62. The highest BCUT2D eigenvalue weighted by molar-refractivity contribution is 6.10. The SMILES string of the molecule is c1ccc(-n2c3ccccc3c3ccc(Oc4cccc(-c5cc6c(ccc7ccccc76)cn5)c4)cc32)nc1. The Balaban J connectivity index is 1.20. The number of hydrogen-bond acceptors (Lipinski definition) is 3. The molecule has 0 aliphatic heterocycles. The molecule has 0 aliphatic rings. The normalized spacial score (nSPS) is 11.5. The highest BCUT2D eigenvalue weighted by Gasteiger charge is 2.14. The minimum absolute atomic E-state index is 0.761. The van der Waals surface area contributed by atoms with Gasteiger partial charge in [-0.15, -0.1) is 0 Å². The van der Waals surface area contributed by atoms with E-state index in [1.807, 2.05) is 48.8 Å². The molecule has 0 spiro atoms. The van der Waals surface area contributed by atoms with Crippen LogP contribution in [0.25, 0.3) is 60.4 Å². The molecule has 188 valence electrons. The van der Waals surface area contributed by atoms with Crippen LogP contribution in [-0.2, 0) is 0 Å². The van der Waals surface area contributed by atoms with Gasteiger partial charge < -0.3 is 4.74 Å². The zero-order chi connectivity index (χ0) is 26.5. The lowest BCUT2D eigenvalue weighted by atomic mass is 10.0. The summed E-state index contributed by atoms with van der Waals surface area (Å²) in [6, 6.07) is 43.7. The maximum Gasteiger partial charge on any atom is 0.137 e. The number of hydrogen-bond donors (Lipinski definition) is 0. The Morgan fingerprint density at radius 3 is 2.23 bits per heavy atom. The first-order valence-corrected chi connectivity index (χ1v) is 13.3. The maximum absolute atomic E-state index is 6.43. The summed E-state index contributed by atoms with van der Waals surface area (Å²) in [5.41, 5.74) is 4.10. The molecule has 3 aromatic heterocycles. The van der Waals surface area contributed by atoms with Crippen LogP contribution in [0.4, 0.5) is 0 Å². The molecule has 8 aromatic rings. The minimum atomic E-state index is 0.761. The summed E-state index contributed by atoms with van der Waals surface area (Å²) in [6.07, 6.45) is 3.78. The average Bonchev–Trinajstić information content (AvgIpc) is 3.35. The van der Waals surface area contributed by atoms with Gasteiger partial charge in [0.05, 0.1) is 16.7 Å². The van der Waals surface area contributed by atoms with Gasteiger partial charge in [-0.3, -0.25) is 9.55 Å². The summed E-state index contributed by atoms with van der Waals surface area (Å²) in [7, 11) is 0. The quantitative estimate of drug-likeness (QED) is 0.220. The van der Waals surface area contributed by atoms with E-state index in [-0.39, 0.29) is 0 Å². The van der Waals surface area contributed by atoms with E-state index in [0.717, 1.165) is 50.4 Å². The fourth-order valence-corrected chi connectivity index (χ4v) is 5.66. The van der Waals surface area contributed by atoms with Crippen LogP contribution in [0, 0.1) is 0 Å². The molecule has 0 fully saturated rings. The number of rotatable bonds is 4. The van der Waals surface area contributed by atoms with E-state index in [4.69, 9.17) is 9.72 Å². The van der Waals surface area contributed by atoms with Gasteiger partial charge in [-0.2, -0.15) is 0 Å². The average molecular weight is 514 g/mol. The predicted octanol–water partition coefficient (Wildman–Crippen LogP) is 9.34. The molecule has 8 rings (SSSR count). The van der Waals surface area contributed by atoms with Crippen LogP contribution in [0.15, 0.2) is 140 Å². The van der Waals surface area contributed by atoms with Crippen LogP contribution >= 0.6 is 0 Å². The summed E-state index contributed by atoms with van der Waals surface area (Å²) in [5.74, 6) is 2.40. The molecular formula is C36H23N3O. The molecule has 0 atom stereocenters. The minimum Gasteiger partial charge on any atom is -0.457 e. The first-order chi connectivity index (χ1) is 19.8. The van der Waals surface area contributed by atoms with Gasteiger partial charge in [-0.25, -0.2) is 4.98 Å². The molecule has 0 bridgehead atoms. The van der Waals surface area contributed by atoms with Crippen LogP contribution in [0.3, 0.4) is 0 Å². The second kappa shape index (κ2) is 9.07. The van der Waals surface area contributed by atoms with Crippen molar-refractivity contribution in [3.05, 3.63) is 140 Å². The van der Waals surface area contributed by atoms with Crippen molar-refractivity contribution in [2.75, 3.05) is 0 Å². The molecule has 0 aliphatic carbocycles. The van der Waals surface area contributed by atoms with Crippen LogP contribution in [0.5, 0.6) is 11.5 Å². The molecule has 0 radical (unpaired) electrons. The van der Waals surface area contributed by atoms with Crippen molar-refractivity contribution >= 4 is 43.4 Å². The van der Waals surface area contributed by atoms with Crippen molar-refractivity contribution in [2.24, 2.45) is 0 Å². The number of ether oxygens (including phenoxy) is 1. The monoisotopic (exact) mass is 513 g/mol. The topological polar surface area (TPSA) is 39.9 Å². The molecule has 5 aromatic carbocycles. The van der Waals surface area contributed by atoms with Crippen molar-refractivity contribution in [1.29, 1.82) is 0 Å². The molecule has 4 nitrogen and oxygen atoms in total. The first-order valence-electron chi connectivity index (χ1n) is 13.3. The Morgan fingerprint density at radius 1 is 0.500 bits per heavy atom. The van der Waals surface area contributed by atoms with Gasteiger partial charge in [0.2, 0.25) is 0 Å². The van der Waals surface area contributed by atoms with E-state index in [1.165, 1.54) is 21.5 Å². The second-order valence-electron chi connectivity index (χ2n) is 9.93. The van der Waals surface area contributed by atoms with Crippen LogP contribution in [-0.4, -0.2) is 14.5 Å². The Hall–Kier alpha value is -5.48. The summed E-state index contributed by atoms with van der Waals surface area (Å²) >= 11 is 0. The third-order valence-electron chi connectivity index (χ3n) is 7.52. The van der Waals surface area contributed by atoms with E-state index < -0.39 is 0 Å². The Labute approximate surface area is 230 Å². The van der Waals surface area contributed by atoms with Gasteiger partial charge in [0.1, 0.15) is 17.3 Å². The third kappa shape index (κ3) is 3.69. The second-order valence-corrected chi connectivity index (χ2v) is 9.93. The maximum atomic E-state index is 6.43. The van der Waals surface area contributed by atoms with Gasteiger partial charge >= 0.3 is 0 Å². The highest BCUT2D eigenvalue weighted by Crippen LogP contribution is 2.36. The number of fused-ring (bicyclic) bond motifs is 6. The molecule has 3 heterocycles. The standard InChI is InChI=1S/C36H23N3O/c1-2-11-29-24(8-1)15-16-26-23-38-33(22-32(26)29)25-9-7-10-27(20-25)40-28-17-18-31-30-12-3-4-13-34(30)39(35(31)21-28)36-14-5-6-19-37-36/h1-23H. The molecule has 40 heavy (non-hydrogen) atoms. The summed E-state index contributed by atoms with van der Waals surface area (Å²) in [6.45, 7) is 0. The Bertz CT molecular complexity index is 2200. The van der Waals surface area contributed by atoms with Crippen molar-refractivity contribution < 1.29 is 4.74 Å². The first kappa shape index (κ1) is 22.5. The number of nitrogens with zero attached hydrogens (tertiary/aromatic N) is 3. The molecular weight excluding hydrogens is 490 g/mol. The van der Waals surface area contributed by atoms with Gasteiger partial charge in [0.25, 0.3) is 0 Å². The van der Waals surface area contributed by atoms with Gasteiger partial charge in [-0.05, 0) is 64.7 Å². The van der Waals surface area contributed by atoms with E-state index in [1.54, 1.807) is 0 Å². The number of pyridine rings is 2. The molecule has 0 saturated carbocycles. The van der Waals surface area contributed by atoms with E-state index in [2.05, 4.69) is 101 Å². The fraction of sp³-hybridized carbons (Fsp3) is 0. The van der Waals surface area contributed by atoms with Gasteiger partial charge in [-0.1, -0.05) is 72.8 Å². The van der Waals surface area contributed by atoms with Crippen molar-refractivity contribution in [1.82, 2.24) is 14.5 Å². The zero-order valence-corrected chi connectivity index (χ0v) is 21.5. The van der Waals surface area contributed by atoms with Crippen LogP contribution in [0.1, 0.15) is 0 Å². The third-order valence-corrected chi connectivity index (χ3v) is 7.52. The molecule has 0 unspecified atom stereocenters. The van der Waals surface area contributed by atoms with Crippen molar-refractivity contribution in [3.8, 4) is 28.6 Å². The van der Waals surface area contributed by atoms with Crippen molar-refractivity contribution in [2.45, 2.75) is 0 Å². The van der Waals surface area contributed by atoms with Gasteiger partial charge in [0, 0.05) is 40.2 Å². The predicted molar refractivity (Wildman–Crippen MR) is 163 cm³/mol.